The Kier molecular flexibility index (Phi) is 5.13. The second-order valence-corrected chi connectivity index (χ2v) is 6.71. The standard InChI is InChI=1S/C13H19NO5S/c1-4-14(20(18,19)10(3)13(16)17)9(2)11-6-5-7-12(15)8-11/h5-10,15H,4H2,1-3H3,(H,16,17). The first-order valence-electron chi connectivity index (χ1n) is 6.24. The maximum atomic E-state index is 12.3. The molecule has 0 fully saturated rings. The van der Waals surface area contributed by atoms with Gasteiger partial charge in [-0.25, -0.2) is 8.42 Å². The monoisotopic (exact) mass is 301 g/mol. The maximum Gasteiger partial charge on any atom is 0.323 e. The van der Waals surface area contributed by atoms with E-state index in [0.29, 0.717) is 5.56 Å². The molecule has 0 saturated heterocycles. The number of phenols is 1. The molecule has 6 nitrogen and oxygen atoms in total. The van der Waals surface area contributed by atoms with Gasteiger partial charge in [-0.1, -0.05) is 19.1 Å². The minimum Gasteiger partial charge on any atom is -0.508 e. The van der Waals surface area contributed by atoms with E-state index in [-0.39, 0.29) is 12.3 Å². The van der Waals surface area contributed by atoms with Gasteiger partial charge in [-0.15, -0.1) is 0 Å². The SMILES string of the molecule is CCN(C(C)c1cccc(O)c1)S(=O)(=O)C(C)C(=O)O. The molecule has 2 atom stereocenters. The molecule has 7 heteroatoms. The first kappa shape index (κ1) is 16.5. The van der Waals surface area contributed by atoms with Crippen LogP contribution in [0.2, 0.25) is 0 Å². The topological polar surface area (TPSA) is 94.9 Å². The first-order chi connectivity index (χ1) is 9.21. The van der Waals surface area contributed by atoms with Crippen molar-refractivity contribution in [2.24, 2.45) is 0 Å². The van der Waals surface area contributed by atoms with Crippen LogP contribution in [0.15, 0.2) is 24.3 Å². The number of sulfonamides is 1. The largest absolute Gasteiger partial charge is 0.508 e. The average Bonchev–Trinajstić information content (AvgIpc) is 2.38. The lowest BCUT2D eigenvalue weighted by atomic mass is 10.1. The fraction of sp³-hybridized carbons (Fsp3) is 0.462. The van der Waals surface area contributed by atoms with E-state index in [0.717, 1.165) is 11.2 Å². The molecule has 0 amide bonds. The minimum atomic E-state index is -3.96. The lowest BCUT2D eigenvalue weighted by Gasteiger charge is -2.29. The van der Waals surface area contributed by atoms with Gasteiger partial charge in [0, 0.05) is 12.6 Å². The third-order valence-corrected chi connectivity index (χ3v) is 5.54. The van der Waals surface area contributed by atoms with Crippen molar-refractivity contribution >= 4 is 16.0 Å². The zero-order valence-electron chi connectivity index (χ0n) is 11.6. The van der Waals surface area contributed by atoms with E-state index >= 15 is 0 Å². The summed E-state index contributed by atoms with van der Waals surface area (Å²) in [6.45, 7) is 4.60. The summed E-state index contributed by atoms with van der Waals surface area (Å²) in [6.07, 6.45) is 0. The van der Waals surface area contributed by atoms with Gasteiger partial charge in [0.2, 0.25) is 10.0 Å². The number of carboxylic acids is 1. The maximum absolute atomic E-state index is 12.3. The third kappa shape index (κ3) is 3.29. The van der Waals surface area contributed by atoms with Crippen LogP contribution in [0.3, 0.4) is 0 Å². The molecule has 0 spiro atoms. The number of phenolic OH excluding ortho intramolecular Hbond substituents is 1. The summed E-state index contributed by atoms with van der Waals surface area (Å²) in [5, 5.41) is 16.9. The molecule has 2 N–H and O–H groups in total. The Morgan fingerprint density at radius 2 is 1.95 bits per heavy atom. The fourth-order valence-corrected chi connectivity index (χ4v) is 3.54. The van der Waals surface area contributed by atoms with Crippen molar-refractivity contribution in [2.45, 2.75) is 32.1 Å². The molecule has 2 unspecified atom stereocenters. The summed E-state index contributed by atoms with van der Waals surface area (Å²) in [6, 6.07) is 5.70. The minimum absolute atomic E-state index is 0.0362. The van der Waals surface area contributed by atoms with E-state index in [1.807, 2.05) is 0 Å². The molecular formula is C13H19NO5S. The predicted molar refractivity (Wildman–Crippen MR) is 74.9 cm³/mol. The number of hydrogen-bond acceptors (Lipinski definition) is 4. The van der Waals surface area contributed by atoms with E-state index in [9.17, 15) is 18.3 Å². The molecule has 0 aliphatic rings. The molecule has 0 aliphatic carbocycles. The molecule has 1 aromatic carbocycles. The highest BCUT2D eigenvalue weighted by Gasteiger charge is 2.36. The van der Waals surface area contributed by atoms with E-state index in [1.165, 1.54) is 12.1 Å². The summed E-state index contributed by atoms with van der Waals surface area (Å²) in [4.78, 5) is 10.9. The van der Waals surface area contributed by atoms with Crippen LogP contribution in [0.1, 0.15) is 32.4 Å². The smallest absolute Gasteiger partial charge is 0.323 e. The Bertz CT molecular complexity index is 584. The Hall–Kier alpha value is -1.60. The molecule has 20 heavy (non-hydrogen) atoms. The highest BCUT2D eigenvalue weighted by molar-refractivity contribution is 7.90. The lowest BCUT2D eigenvalue weighted by molar-refractivity contribution is -0.136. The van der Waals surface area contributed by atoms with Crippen molar-refractivity contribution in [3.63, 3.8) is 0 Å². The summed E-state index contributed by atoms with van der Waals surface area (Å²) in [7, 11) is -3.96. The van der Waals surface area contributed by atoms with Gasteiger partial charge in [-0.05, 0) is 31.5 Å². The first-order valence-corrected chi connectivity index (χ1v) is 7.74. The van der Waals surface area contributed by atoms with Crippen molar-refractivity contribution < 1.29 is 23.4 Å². The zero-order chi connectivity index (χ0) is 15.5. The summed E-state index contributed by atoms with van der Waals surface area (Å²) in [5.74, 6) is -1.35. The average molecular weight is 301 g/mol. The number of nitrogens with zero attached hydrogens (tertiary/aromatic N) is 1. The normalized spacial score (nSPS) is 15.0. The van der Waals surface area contributed by atoms with Gasteiger partial charge in [0.1, 0.15) is 5.75 Å². The second-order valence-electron chi connectivity index (χ2n) is 4.50. The second kappa shape index (κ2) is 6.23. The molecule has 0 radical (unpaired) electrons. The van der Waals surface area contributed by atoms with Crippen molar-refractivity contribution in [2.75, 3.05) is 6.54 Å². The molecule has 1 rings (SSSR count). The van der Waals surface area contributed by atoms with Gasteiger partial charge < -0.3 is 10.2 Å². The number of carbonyl (C=O) groups is 1. The van der Waals surface area contributed by atoms with E-state index in [2.05, 4.69) is 0 Å². The molecule has 112 valence electrons. The molecule has 0 aromatic heterocycles. The fourth-order valence-electron chi connectivity index (χ4n) is 1.96. The van der Waals surface area contributed by atoms with Crippen LogP contribution in [0.5, 0.6) is 5.75 Å². The van der Waals surface area contributed by atoms with Gasteiger partial charge in [0.15, 0.2) is 5.25 Å². The lowest BCUT2D eigenvalue weighted by Crippen LogP contribution is -2.42. The summed E-state index contributed by atoms with van der Waals surface area (Å²) in [5.41, 5.74) is 0.605. The van der Waals surface area contributed by atoms with Gasteiger partial charge >= 0.3 is 5.97 Å². The van der Waals surface area contributed by atoms with Crippen molar-refractivity contribution in [3.8, 4) is 5.75 Å². The highest BCUT2D eigenvalue weighted by Crippen LogP contribution is 2.27. The highest BCUT2D eigenvalue weighted by atomic mass is 32.2. The number of aliphatic carboxylic acids is 1. The Labute approximate surface area is 118 Å². The predicted octanol–water partition coefficient (Wildman–Crippen LogP) is 1.58. The quantitative estimate of drug-likeness (QED) is 0.831. The number of rotatable bonds is 6. The van der Waals surface area contributed by atoms with Crippen LogP contribution in [-0.2, 0) is 14.8 Å². The molecular weight excluding hydrogens is 282 g/mol. The van der Waals surface area contributed by atoms with Crippen LogP contribution in [-0.4, -0.2) is 40.7 Å². The summed E-state index contributed by atoms with van der Waals surface area (Å²) < 4.78 is 25.7. The zero-order valence-corrected chi connectivity index (χ0v) is 12.5. The van der Waals surface area contributed by atoms with Gasteiger partial charge in [-0.2, -0.15) is 4.31 Å². The van der Waals surface area contributed by atoms with Crippen molar-refractivity contribution in [1.82, 2.24) is 4.31 Å². The van der Waals surface area contributed by atoms with Crippen LogP contribution < -0.4 is 0 Å². The number of aromatic hydroxyl groups is 1. The molecule has 1 aromatic rings. The van der Waals surface area contributed by atoms with Gasteiger partial charge in [0.25, 0.3) is 0 Å². The van der Waals surface area contributed by atoms with Crippen LogP contribution in [0.25, 0.3) is 0 Å². The van der Waals surface area contributed by atoms with E-state index in [1.54, 1.807) is 26.0 Å². The van der Waals surface area contributed by atoms with Crippen molar-refractivity contribution in [3.05, 3.63) is 29.8 Å². The van der Waals surface area contributed by atoms with E-state index in [4.69, 9.17) is 5.11 Å². The summed E-state index contributed by atoms with van der Waals surface area (Å²) >= 11 is 0. The molecule has 0 saturated carbocycles. The number of benzene rings is 1. The van der Waals surface area contributed by atoms with Crippen molar-refractivity contribution in [1.29, 1.82) is 0 Å². The van der Waals surface area contributed by atoms with Gasteiger partial charge in [0.05, 0.1) is 0 Å². The van der Waals surface area contributed by atoms with Crippen LogP contribution in [0, 0.1) is 0 Å². The Morgan fingerprint density at radius 3 is 2.40 bits per heavy atom. The number of hydrogen-bond donors (Lipinski definition) is 2. The molecule has 0 aliphatic heterocycles. The third-order valence-electron chi connectivity index (χ3n) is 3.22. The Morgan fingerprint density at radius 1 is 1.35 bits per heavy atom. The Balaban J connectivity index is 3.16. The van der Waals surface area contributed by atoms with Gasteiger partial charge in [-0.3, -0.25) is 4.79 Å². The van der Waals surface area contributed by atoms with Crippen LogP contribution in [0.4, 0.5) is 0 Å². The molecule has 0 heterocycles. The van der Waals surface area contributed by atoms with Crippen LogP contribution >= 0.6 is 0 Å². The molecule has 0 bridgehead atoms. The number of carboxylic acid groups (broad SMARTS) is 1. The van der Waals surface area contributed by atoms with E-state index < -0.39 is 27.3 Å².